The molecule has 0 aromatic carbocycles. The lowest BCUT2D eigenvalue weighted by Crippen LogP contribution is -2.38. The Bertz CT molecular complexity index is 328. The van der Waals surface area contributed by atoms with Crippen LogP contribution < -0.4 is 10.6 Å². The van der Waals surface area contributed by atoms with Crippen molar-refractivity contribution in [2.75, 3.05) is 30.9 Å². The Labute approximate surface area is 103 Å². The van der Waals surface area contributed by atoms with E-state index in [0.717, 1.165) is 25.2 Å². The van der Waals surface area contributed by atoms with Crippen LogP contribution in [0.4, 0.5) is 11.6 Å². The number of aromatic nitrogens is 2. The number of anilines is 2. The van der Waals surface area contributed by atoms with E-state index in [9.17, 15) is 0 Å². The first-order chi connectivity index (χ1) is 8.24. The summed E-state index contributed by atoms with van der Waals surface area (Å²) in [4.78, 5) is 10.6. The second-order valence-corrected chi connectivity index (χ2v) is 3.92. The van der Waals surface area contributed by atoms with Crippen LogP contribution >= 0.6 is 0 Å². The van der Waals surface area contributed by atoms with Gasteiger partial charge in [0.1, 0.15) is 0 Å². The zero-order valence-electron chi connectivity index (χ0n) is 10.9. The van der Waals surface area contributed by atoms with Crippen LogP contribution in [-0.2, 0) is 4.74 Å². The molecule has 0 aliphatic carbocycles. The van der Waals surface area contributed by atoms with Gasteiger partial charge >= 0.3 is 0 Å². The summed E-state index contributed by atoms with van der Waals surface area (Å²) < 4.78 is 5.14. The van der Waals surface area contributed by atoms with Crippen molar-refractivity contribution in [3.8, 4) is 0 Å². The molecule has 1 heterocycles. The van der Waals surface area contributed by atoms with Gasteiger partial charge in [-0.15, -0.1) is 0 Å². The Morgan fingerprint density at radius 3 is 2.47 bits per heavy atom. The van der Waals surface area contributed by atoms with E-state index < -0.39 is 0 Å². The molecule has 0 saturated carbocycles. The molecule has 0 fully saturated rings. The van der Waals surface area contributed by atoms with Crippen LogP contribution in [-0.4, -0.2) is 36.3 Å². The Morgan fingerprint density at radius 2 is 1.94 bits per heavy atom. The minimum Gasteiger partial charge on any atom is -0.383 e. The first kappa shape index (κ1) is 13.7. The molecule has 0 radical (unpaired) electrons. The summed E-state index contributed by atoms with van der Waals surface area (Å²) in [5.74, 6) is 1.24. The van der Waals surface area contributed by atoms with E-state index in [-0.39, 0.29) is 0 Å². The van der Waals surface area contributed by atoms with Gasteiger partial charge in [-0.2, -0.15) is 0 Å². The fourth-order valence-electron chi connectivity index (χ4n) is 1.94. The van der Waals surface area contributed by atoms with E-state index in [1.165, 1.54) is 0 Å². The smallest absolute Gasteiger partial charge is 0.171 e. The molecule has 0 unspecified atom stereocenters. The number of hydrogen-bond acceptors (Lipinski definition) is 5. The predicted molar refractivity (Wildman–Crippen MR) is 70.0 cm³/mol. The molecular formula is C12H22N4O. The molecule has 1 rings (SSSR count). The highest BCUT2D eigenvalue weighted by Crippen LogP contribution is 2.21. The maximum absolute atomic E-state index is 5.88. The van der Waals surface area contributed by atoms with Crippen LogP contribution in [0.25, 0.3) is 0 Å². The van der Waals surface area contributed by atoms with E-state index in [4.69, 9.17) is 10.5 Å². The predicted octanol–water partition coefficient (Wildman–Crippen LogP) is 1.70. The molecule has 0 amide bonds. The van der Waals surface area contributed by atoms with Crippen molar-refractivity contribution < 1.29 is 4.74 Å². The van der Waals surface area contributed by atoms with Crippen LogP contribution in [0.2, 0.25) is 0 Å². The lowest BCUT2D eigenvalue weighted by atomic mass is 10.1. The summed E-state index contributed by atoms with van der Waals surface area (Å²) in [5.41, 5.74) is 5.88. The van der Waals surface area contributed by atoms with Crippen molar-refractivity contribution >= 4 is 11.6 Å². The number of methoxy groups -OCH3 is 1. The lowest BCUT2D eigenvalue weighted by Gasteiger charge is -2.31. The molecule has 0 spiro atoms. The molecule has 17 heavy (non-hydrogen) atoms. The summed E-state index contributed by atoms with van der Waals surface area (Å²) in [5, 5.41) is 0. The molecule has 0 saturated heterocycles. The third-order valence-electron chi connectivity index (χ3n) is 2.90. The first-order valence-electron chi connectivity index (χ1n) is 6.06. The number of nitrogens with zero attached hydrogens (tertiary/aromatic N) is 3. The molecule has 1 aromatic rings. The van der Waals surface area contributed by atoms with E-state index in [1.807, 2.05) is 0 Å². The van der Waals surface area contributed by atoms with E-state index in [0.29, 0.717) is 18.5 Å². The van der Waals surface area contributed by atoms with Crippen LogP contribution in [0.1, 0.15) is 26.7 Å². The van der Waals surface area contributed by atoms with Crippen molar-refractivity contribution in [2.45, 2.75) is 32.7 Å². The first-order valence-corrected chi connectivity index (χ1v) is 6.06. The Hall–Kier alpha value is -1.36. The number of ether oxygens (including phenoxy) is 1. The van der Waals surface area contributed by atoms with Crippen LogP contribution in [0.5, 0.6) is 0 Å². The second-order valence-electron chi connectivity index (χ2n) is 3.92. The third-order valence-corrected chi connectivity index (χ3v) is 2.90. The fraction of sp³-hybridized carbons (Fsp3) is 0.667. The maximum Gasteiger partial charge on any atom is 0.171 e. The molecule has 0 atom stereocenters. The average molecular weight is 238 g/mol. The largest absolute Gasteiger partial charge is 0.383 e. The average Bonchev–Trinajstić information content (AvgIpc) is 2.36. The van der Waals surface area contributed by atoms with Gasteiger partial charge in [0, 0.05) is 32.1 Å². The van der Waals surface area contributed by atoms with Crippen molar-refractivity contribution in [3.05, 3.63) is 12.4 Å². The molecule has 1 aromatic heterocycles. The van der Waals surface area contributed by atoms with Crippen molar-refractivity contribution in [3.63, 3.8) is 0 Å². The van der Waals surface area contributed by atoms with Gasteiger partial charge in [0.25, 0.3) is 0 Å². The van der Waals surface area contributed by atoms with Gasteiger partial charge in [-0.1, -0.05) is 13.8 Å². The maximum atomic E-state index is 5.88. The molecular weight excluding hydrogens is 216 g/mol. The monoisotopic (exact) mass is 238 g/mol. The minimum absolute atomic E-state index is 0.421. The number of nitrogen functional groups attached to an aromatic ring is 1. The number of rotatable bonds is 7. The van der Waals surface area contributed by atoms with Gasteiger partial charge in [-0.3, -0.25) is 0 Å². The van der Waals surface area contributed by atoms with Gasteiger partial charge in [-0.05, 0) is 12.8 Å². The van der Waals surface area contributed by atoms with Gasteiger partial charge in [0.05, 0.1) is 6.61 Å². The summed E-state index contributed by atoms with van der Waals surface area (Å²) in [7, 11) is 1.70. The topological polar surface area (TPSA) is 64.3 Å². The third kappa shape index (κ3) is 3.56. The van der Waals surface area contributed by atoms with Gasteiger partial charge in [0.15, 0.2) is 11.6 Å². The molecule has 96 valence electrons. The highest BCUT2D eigenvalue weighted by Gasteiger charge is 2.19. The second kappa shape index (κ2) is 7.06. The molecule has 5 heteroatoms. The molecule has 2 N–H and O–H groups in total. The van der Waals surface area contributed by atoms with Crippen LogP contribution in [0.15, 0.2) is 12.4 Å². The Morgan fingerprint density at radius 1 is 1.29 bits per heavy atom. The molecule has 5 nitrogen and oxygen atoms in total. The Balaban J connectivity index is 2.92. The normalized spacial score (nSPS) is 10.8. The van der Waals surface area contributed by atoms with E-state index in [1.54, 1.807) is 19.5 Å². The quantitative estimate of drug-likeness (QED) is 0.783. The van der Waals surface area contributed by atoms with Gasteiger partial charge in [0.2, 0.25) is 0 Å². The number of nitrogens with two attached hydrogens (primary N) is 1. The zero-order chi connectivity index (χ0) is 12.7. The zero-order valence-corrected chi connectivity index (χ0v) is 10.9. The summed E-state index contributed by atoms with van der Waals surface area (Å²) in [6.45, 7) is 5.78. The fourth-order valence-corrected chi connectivity index (χ4v) is 1.94. The van der Waals surface area contributed by atoms with Gasteiger partial charge < -0.3 is 15.4 Å². The van der Waals surface area contributed by atoms with Crippen molar-refractivity contribution in [1.82, 2.24) is 9.97 Å². The van der Waals surface area contributed by atoms with E-state index >= 15 is 0 Å². The van der Waals surface area contributed by atoms with Crippen molar-refractivity contribution in [1.29, 1.82) is 0 Å². The standard InChI is InChI=1S/C12H22N4O/c1-4-10(5-2)16(8-9-17-3)12-11(13)14-6-7-15-12/h6-7,10H,4-5,8-9H2,1-3H3,(H2,13,14). The molecule has 0 aliphatic rings. The summed E-state index contributed by atoms with van der Waals surface area (Å²) in [6.07, 6.45) is 5.39. The lowest BCUT2D eigenvalue weighted by molar-refractivity contribution is 0.202. The van der Waals surface area contributed by atoms with Crippen LogP contribution in [0, 0.1) is 0 Å². The minimum atomic E-state index is 0.421. The van der Waals surface area contributed by atoms with Crippen LogP contribution in [0.3, 0.4) is 0 Å². The Kier molecular flexibility index (Phi) is 5.69. The van der Waals surface area contributed by atoms with E-state index in [2.05, 4.69) is 28.7 Å². The highest BCUT2D eigenvalue weighted by atomic mass is 16.5. The highest BCUT2D eigenvalue weighted by molar-refractivity contribution is 5.57. The SMILES string of the molecule is CCC(CC)N(CCOC)c1nccnc1N. The number of hydrogen-bond donors (Lipinski definition) is 1. The summed E-state index contributed by atoms with van der Waals surface area (Å²) in [6, 6.07) is 0.421. The summed E-state index contributed by atoms with van der Waals surface area (Å²) >= 11 is 0. The molecule has 0 aliphatic heterocycles. The molecule has 0 bridgehead atoms. The van der Waals surface area contributed by atoms with Gasteiger partial charge in [-0.25, -0.2) is 9.97 Å². The van der Waals surface area contributed by atoms with Crippen molar-refractivity contribution in [2.24, 2.45) is 0 Å².